The molecule has 0 aromatic carbocycles. The maximum Gasteiger partial charge on any atom is 0.0792 e. The fourth-order valence-corrected chi connectivity index (χ4v) is 1.62. The molecule has 2 N–H and O–H groups in total. The normalized spacial score (nSPS) is 18.1. The van der Waals surface area contributed by atoms with Crippen LogP contribution < -0.4 is 5.32 Å². The summed E-state index contributed by atoms with van der Waals surface area (Å²) in [6, 6.07) is 0. The first kappa shape index (κ1) is 8.79. The van der Waals surface area contributed by atoms with Gasteiger partial charge in [-0.1, -0.05) is 11.6 Å². The maximum atomic E-state index is 2.45. The minimum absolute atomic E-state index is 1.23. The summed E-state index contributed by atoms with van der Waals surface area (Å²) in [4.78, 5) is 0. The van der Waals surface area contributed by atoms with Crippen molar-refractivity contribution in [3.63, 3.8) is 0 Å². The number of nitrogens with two attached hydrogens (primary N) is 1. The topological polar surface area (TPSA) is 16.6 Å². The Morgan fingerprint density at radius 3 is 3.00 bits per heavy atom. The molecule has 0 fully saturated rings. The number of rotatable bonds is 4. The third-order valence-corrected chi connectivity index (χ3v) is 2.34. The lowest BCUT2D eigenvalue weighted by Crippen LogP contribution is -2.83. The molecule has 0 aromatic heterocycles. The van der Waals surface area contributed by atoms with Crippen LogP contribution in [0.4, 0.5) is 0 Å². The Morgan fingerprint density at radius 1 is 1.45 bits per heavy atom. The highest BCUT2D eigenvalue weighted by Gasteiger charge is 2.02. The van der Waals surface area contributed by atoms with Gasteiger partial charge in [-0.2, -0.15) is 0 Å². The van der Waals surface area contributed by atoms with Crippen LogP contribution in [0.5, 0.6) is 0 Å². The molecule has 0 heterocycles. The molecule has 11 heavy (non-hydrogen) atoms. The molecule has 0 spiro atoms. The minimum atomic E-state index is 1.23. The molecule has 1 aliphatic carbocycles. The van der Waals surface area contributed by atoms with E-state index in [1.54, 1.807) is 5.57 Å². The van der Waals surface area contributed by atoms with Gasteiger partial charge in [-0.3, -0.25) is 0 Å². The van der Waals surface area contributed by atoms with Gasteiger partial charge in [0.2, 0.25) is 0 Å². The van der Waals surface area contributed by atoms with Gasteiger partial charge in [-0.05, 0) is 32.6 Å². The van der Waals surface area contributed by atoms with Crippen molar-refractivity contribution >= 4 is 0 Å². The summed E-state index contributed by atoms with van der Waals surface area (Å²) in [5.41, 5.74) is 1.71. The molecule has 0 bridgehead atoms. The third-order valence-electron chi connectivity index (χ3n) is 2.34. The first-order valence-corrected chi connectivity index (χ1v) is 4.93. The van der Waals surface area contributed by atoms with E-state index in [4.69, 9.17) is 0 Å². The first-order chi connectivity index (χ1) is 5.43. The maximum absolute atomic E-state index is 2.45. The zero-order chi connectivity index (χ0) is 7.94. The van der Waals surface area contributed by atoms with Crippen LogP contribution in [-0.2, 0) is 0 Å². The summed E-state index contributed by atoms with van der Waals surface area (Å²) in [6.45, 7) is 4.74. The van der Waals surface area contributed by atoms with Crippen LogP contribution in [0.2, 0.25) is 0 Å². The molecule has 0 atom stereocenters. The lowest BCUT2D eigenvalue weighted by atomic mass is 9.97. The minimum Gasteiger partial charge on any atom is -0.346 e. The molecule has 1 aliphatic rings. The van der Waals surface area contributed by atoms with E-state index in [0.29, 0.717) is 0 Å². The lowest BCUT2D eigenvalue weighted by Gasteiger charge is -2.10. The van der Waals surface area contributed by atoms with Crippen molar-refractivity contribution in [2.24, 2.45) is 0 Å². The highest BCUT2D eigenvalue weighted by Crippen LogP contribution is 2.18. The van der Waals surface area contributed by atoms with Crippen LogP contribution in [0.15, 0.2) is 11.6 Å². The first-order valence-electron chi connectivity index (χ1n) is 4.93. The summed E-state index contributed by atoms with van der Waals surface area (Å²) in [5, 5.41) is 2.38. The summed E-state index contributed by atoms with van der Waals surface area (Å²) in [6.07, 6.45) is 9.33. The predicted molar refractivity (Wildman–Crippen MR) is 48.5 cm³/mol. The van der Waals surface area contributed by atoms with Crippen molar-refractivity contribution in [1.29, 1.82) is 0 Å². The molecular weight excluding hydrogens is 134 g/mol. The number of hydrogen-bond acceptors (Lipinski definition) is 0. The monoisotopic (exact) mass is 154 g/mol. The van der Waals surface area contributed by atoms with Crippen LogP contribution in [0, 0.1) is 0 Å². The second-order valence-electron chi connectivity index (χ2n) is 3.34. The number of quaternary nitrogens is 1. The Balaban J connectivity index is 2.09. The van der Waals surface area contributed by atoms with Crippen LogP contribution in [0.3, 0.4) is 0 Å². The van der Waals surface area contributed by atoms with Crippen LogP contribution >= 0.6 is 0 Å². The summed E-state index contributed by atoms with van der Waals surface area (Å²) < 4.78 is 0. The fourth-order valence-electron chi connectivity index (χ4n) is 1.62. The van der Waals surface area contributed by atoms with E-state index in [2.05, 4.69) is 18.3 Å². The zero-order valence-corrected chi connectivity index (χ0v) is 7.60. The van der Waals surface area contributed by atoms with Crippen LogP contribution in [0.1, 0.15) is 39.0 Å². The third kappa shape index (κ3) is 3.57. The highest BCUT2D eigenvalue weighted by molar-refractivity contribution is 5.04. The smallest absolute Gasteiger partial charge is 0.0792 e. The highest BCUT2D eigenvalue weighted by atomic mass is 14.8. The molecule has 64 valence electrons. The van der Waals surface area contributed by atoms with Crippen molar-refractivity contribution in [2.75, 3.05) is 13.1 Å². The van der Waals surface area contributed by atoms with E-state index in [0.717, 1.165) is 0 Å². The van der Waals surface area contributed by atoms with E-state index in [-0.39, 0.29) is 0 Å². The average molecular weight is 154 g/mol. The van der Waals surface area contributed by atoms with Crippen LogP contribution in [0.25, 0.3) is 0 Å². The van der Waals surface area contributed by atoms with Crippen LogP contribution in [-0.4, -0.2) is 13.1 Å². The van der Waals surface area contributed by atoms with Gasteiger partial charge < -0.3 is 5.32 Å². The Labute approximate surface area is 69.9 Å². The van der Waals surface area contributed by atoms with E-state index in [1.165, 1.54) is 45.2 Å². The number of hydrogen-bond donors (Lipinski definition) is 1. The number of allylic oxidation sites excluding steroid dienone is 1. The quantitative estimate of drug-likeness (QED) is 0.466. The van der Waals surface area contributed by atoms with Crippen molar-refractivity contribution in [3.05, 3.63) is 11.6 Å². The van der Waals surface area contributed by atoms with Gasteiger partial charge in [-0.25, -0.2) is 0 Å². The molecule has 0 radical (unpaired) electrons. The second kappa shape index (κ2) is 5.36. The molecule has 0 aliphatic heterocycles. The largest absolute Gasteiger partial charge is 0.346 e. The van der Waals surface area contributed by atoms with E-state index in [9.17, 15) is 0 Å². The van der Waals surface area contributed by atoms with Gasteiger partial charge in [0.15, 0.2) is 0 Å². The summed E-state index contributed by atoms with van der Waals surface area (Å²) in [5.74, 6) is 0. The zero-order valence-electron chi connectivity index (χ0n) is 7.60. The van der Waals surface area contributed by atoms with Gasteiger partial charge in [0.25, 0.3) is 0 Å². The molecule has 0 aromatic rings. The van der Waals surface area contributed by atoms with E-state index in [1.807, 2.05) is 0 Å². The standard InChI is InChI=1S/C10H19N/c1-2-11-9-8-10-6-4-3-5-7-10/h6,11H,2-5,7-9H2,1H3/p+1. The predicted octanol–water partition coefficient (Wildman–Crippen LogP) is 1.46. The lowest BCUT2D eigenvalue weighted by molar-refractivity contribution is -0.651. The van der Waals surface area contributed by atoms with Gasteiger partial charge in [0, 0.05) is 6.42 Å². The Kier molecular flexibility index (Phi) is 4.29. The molecular formula is C10H20N+. The SMILES string of the molecule is CC[NH2+]CCC1=CCCCC1. The van der Waals surface area contributed by atoms with Gasteiger partial charge in [0.1, 0.15) is 0 Å². The van der Waals surface area contributed by atoms with Gasteiger partial charge in [0.05, 0.1) is 13.1 Å². The van der Waals surface area contributed by atoms with Crippen molar-refractivity contribution in [3.8, 4) is 0 Å². The molecule has 0 saturated carbocycles. The Hall–Kier alpha value is -0.300. The molecule has 1 rings (SSSR count). The second-order valence-corrected chi connectivity index (χ2v) is 3.34. The Morgan fingerprint density at radius 2 is 2.36 bits per heavy atom. The Bertz CT molecular complexity index is 127. The average Bonchev–Trinajstić information content (AvgIpc) is 2.07. The van der Waals surface area contributed by atoms with E-state index >= 15 is 0 Å². The summed E-state index contributed by atoms with van der Waals surface area (Å²) in [7, 11) is 0. The summed E-state index contributed by atoms with van der Waals surface area (Å²) >= 11 is 0. The van der Waals surface area contributed by atoms with Gasteiger partial charge in [-0.15, -0.1) is 0 Å². The van der Waals surface area contributed by atoms with Crippen molar-refractivity contribution in [2.45, 2.75) is 39.0 Å². The molecule has 0 saturated heterocycles. The van der Waals surface area contributed by atoms with Gasteiger partial charge >= 0.3 is 0 Å². The van der Waals surface area contributed by atoms with Crippen molar-refractivity contribution in [1.82, 2.24) is 0 Å². The molecule has 0 unspecified atom stereocenters. The molecule has 0 amide bonds. The van der Waals surface area contributed by atoms with E-state index < -0.39 is 0 Å². The molecule has 1 nitrogen and oxygen atoms in total. The van der Waals surface area contributed by atoms with Crippen molar-refractivity contribution < 1.29 is 5.32 Å². The molecule has 1 heteroatoms. The fraction of sp³-hybridized carbons (Fsp3) is 0.800.